The van der Waals surface area contributed by atoms with Gasteiger partial charge >= 0.3 is 0 Å². The number of hydrazine groups is 1. The van der Waals surface area contributed by atoms with E-state index in [9.17, 15) is 0 Å². The van der Waals surface area contributed by atoms with Gasteiger partial charge in [-0.25, -0.2) is 0 Å². The Labute approximate surface area is 102 Å². The van der Waals surface area contributed by atoms with Gasteiger partial charge in [0.1, 0.15) is 0 Å². The SMILES string of the molecule is CSCC(NN)c1ccccc1C1CCC1. The van der Waals surface area contributed by atoms with Gasteiger partial charge in [-0.2, -0.15) is 11.8 Å². The molecule has 1 fully saturated rings. The summed E-state index contributed by atoms with van der Waals surface area (Å²) >= 11 is 1.83. The van der Waals surface area contributed by atoms with Crippen molar-refractivity contribution in [2.24, 2.45) is 5.84 Å². The lowest BCUT2D eigenvalue weighted by Gasteiger charge is -2.30. The third-order valence-corrected chi connectivity index (χ3v) is 4.12. The van der Waals surface area contributed by atoms with Crippen LogP contribution in [0.1, 0.15) is 42.3 Å². The average Bonchev–Trinajstić information content (AvgIpc) is 2.25. The summed E-state index contributed by atoms with van der Waals surface area (Å²) in [4.78, 5) is 0. The molecule has 0 bridgehead atoms. The first kappa shape index (κ1) is 12.0. The standard InChI is InChI=1S/C13H20N2S/c1-16-9-13(15-14)12-8-3-2-7-11(12)10-5-4-6-10/h2-3,7-8,10,13,15H,4-6,9,14H2,1H3. The van der Waals surface area contributed by atoms with Crippen molar-refractivity contribution in [2.75, 3.05) is 12.0 Å². The van der Waals surface area contributed by atoms with Crippen LogP contribution in [0.5, 0.6) is 0 Å². The molecule has 0 spiro atoms. The van der Waals surface area contributed by atoms with E-state index in [4.69, 9.17) is 5.84 Å². The van der Waals surface area contributed by atoms with Gasteiger partial charge in [0.05, 0.1) is 6.04 Å². The van der Waals surface area contributed by atoms with Crippen molar-refractivity contribution in [1.82, 2.24) is 5.43 Å². The van der Waals surface area contributed by atoms with Gasteiger partial charge in [0.2, 0.25) is 0 Å². The fourth-order valence-electron chi connectivity index (χ4n) is 2.31. The smallest absolute Gasteiger partial charge is 0.0553 e. The molecular formula is C13H20N2S. The number of benzene rings is 1. The monoisotopic (exact) mass is 236 g/mol. The third kappa shape index (κ3) is 2.42. The second-order valence-corrected chi connectivity index (χ2v) is 5.34. The molecule has 3 heteroatoms. The van der Waals surface area contributed by atoms with E-state index in [1.807, 2.05) is 11.8 Å². The van der Waals surface area contributed by atoms with Crippen LogP contribution in [0, 0.1) is 0 Å². The molecule has 0 heterocycles. The van der Waals surface area contributed by atoms with E-state index in [2.05, 4.69) is 35.9 Å². The van der Waals surface area contributed by atoms with Crippen molar-refractivity contribution in [3.8, 4) is 0 Å². The molecule has 2 rings (SSSR count). The van der Waals surface area contributed by atoms with Crippen molar-refractivity contribution >= 4 is 11.8 Å². The number of nitrogens with one attached hydrogen (secondary N) is 1. The Kier molecular flexibility index (Phi) is 4.27. The summed E-state index contributed by atoms with van der Waals surface area (Å²) in [7, 11) is 0. The van der Waals surface area contributed by atoms with E-state index in [0.29, 0.717) is 0 Å². The molecule has 1 aliphatic carbocycles. The Morgan fingerprint density at radius 1 is 1.44 bits per heavy atom. The highest BCUT2D eigenvalue weighted by atomic mass is 32.2. The molecule has 1 unspecified atom stereocenters. The molecule has 0 saturated heterocycles. The van der Waals surface area contributed by atoms with Crippen LogP contribution in [0.25, 0.3) is 0 Å². The summed E-state index contributed by atoms with van der Waals surface area (Å²) in [6, 6.07) is 9.02. The Hall–Kier alpha value is -0.510. The van der Waals surface area contributed by atoms with E-state index in [0.717, 1.165) is 11.7 Å². The Bertz CT molecular complexity index is 336. The fourth-order valence-corrected chi connectivity index (χ4v) is 2.92. The highest BCUT2D eigenvalue weighted by molar-refractivity contribution is 7.98. The van der Waals surface area contributed by atoms with E-state index in [1.165, 1.54) is 30.4 Å². The summed E-state index contributed by atoms with van der Waals surface area (Å²) in [5.74, 6) is 7.46. The molecule has 1 atom stereocenters. The first-order chi connectivity index (χ1) is 7.86. The zero-order valence-corrected chi connectivity index (χ0v) is 10.6. The minimum Gasteiger partial charge on any atom is -0.271 e. The maximum Gasteiger partial charge on any atom is 0.0553 e. The average molecular weight is 236 g/mol. The predicted molar refractivity (Wildman–Crippen MR) is 71.5 cm³/mol. The molecule has 1 saturated carbocycles. The van der Waals surface area contributed by atoms with Crippen LogP contribution in [-0.2, 0) is 0 Å². The first-order valence-electron chi connectivity index (χ1n) is 5.90. The van der Waals surface area contributed by atoms with Gasteiger partial charge < -0.3 is 0 Å². The molecule has 0 amide bonds. The molecule has 3 N–H and O–H groups in total. The highest BCUT2D eigenvalue weighted by Crippen LogP contribution is 2.39. The van der Waals surface area contributed by atoms with Crippen LogP contribution < -0.4 is 11.3 Å². The van der Waals surface area contributed by atoms with Gasteiger partial charge in [0.15, 0.2) is 0 Å². The topological polar surface area (TPSA) is 38.0 Å². The fraction of sp³-hybridized carbons (Fsp3) is 0.538. The molecule has 1 aliphatic rings. The minimum absolute atomic E-state index is 0.284. The van der Waals surface area contributed by atoms with Gasteiger partial charge in [0, 0.05) is 5.75 Å². The third-order valence-electron chi connectivity index (χ3n) is 3.45. The van der Waals surface area contributed by atoms with E-state index in [1.54, 1.807) is 0 Å². The summed E-state index contributed by atoms with van der Waals surface area (Å²) in [5, 5.41) is 0. The first-order valence-corrected chi connectivity index (χ1v) is 7.30. The number of hydrogen-bond acceptors (Lipinski definition) is 3. The lowest BCUT2D eigenvalue weighted by atomic mass is 9.77. The largest absolute Gasteiger partial charge is 0.271 e. The second-order valence-electron chi connectivity index (χ2n) is 4.43. The number of rotatable bonds is 5. The summed E-state index contributed by atoms with van der Waals surface area (Å²) in [6.45, 7) is 0. The molecular weight excluding hydrogens is 216 g/mol. The molecule has 1 aromatic rings. The molecule has 0 aliphatic heterocycles. The van der Waals surface area contributed by atoms with Gasteiger partial charge in [-0.15, -0.1) is 0 Å². The lowest BCUT2D eigenvalue weighted by molar-refractivity contribution is 0.413. The Balaban J connectivity index is 2.23. The second kappa shape index (κ2) is 5.71. The highest BCUT2D eigenvalue weighted by Gasteiger charge is 2.24. The van der Waals surface area contributed by atoms with Crippen molar-refractivity contribution in [1.29, 1.82) is 0 Å². The lowest BCUT2D eigenvalue weighted by Crippen LogP contribution is -2.31. The maximum atomic E-state index is 5.66. The summed E-state index contributed by atoms with van der Waals surface area (Å²) in [6.07, 6.45) is 6.18. The van der Waals surface area contributed by atoms with Crippen LogP contribution in [0.2, 0.25) is 0 Å². The predicted octanol–water partition coefficient (Wildman–Crippen LogP) is 2.82. The summed E-state index contributed by atoms with van der Waals surface area (Å²) < 4.78 is 0. The number of thioether (sulfide) groups is 1. The van der Waals surface area contributed by atoms with Crippen LogP contribution in [0.15, 0.2) is 24.3 Å². The number of nitrogens with two attached hydrogens (primary N) is 1. The van der Waals surface area contributed by atoms with E-state index >= 15 is 0 Å². The minimum atomic E-state index is 0.284. The van der Waals surface area contributed by atoms with Crippen LogP contribution >= 0.6 is 11.8 Å². The zero-order chi connectivity index (χ0) is 11.4. The summed E-state index contributed by atoms with van der Waals surface area (Å²) in [5.41, 5.74) is 5.84. The van der Waals surface area contributed by atoms with Gasteiger partial charge in [-0.05, 0) is 36.1 Å². The zero-order valence-electron chi connectivity index (χ0n) is 9.78. The van der Waals surface area contributed by atoms with E-state index in [-0.39, 0.29) is 6.04 Å². The normalized spacial score (nSPS) is 18.1. The van der Waals surface area contributed by atoms with Gasteiger partial charge in [0.25, 0.3) is 0 Å². The molecule has 88 valence electrons. The van der Waals surface area contributed by atoms with Crippen molar-refractivity contribution < 1.29 is 0 Å². The molecule has 0 radical (unpaired) electrons. The van der Waals surface area contributed by atoms with E-state index < -0.39 is 0 Å². The van der Waals surface area contributed by atoms with Gasteiger partial charge in [-0.1, -0.05) is 30.7 Å². The van der Waals surface area contributed by atoms with Gasteiger partial charge in [-0.3, -0.25) is 11.3 Å². The Morgan fingerprint density at radius 2 is 2.19 bits per heavy atom. The van der Waals surface area contributed by atoms with Crippen molar-refractivity contribution in [3.05, 3.63) is 35.4 Å². The molecule has 16 heavy (non-hydrogen) atoms. The number of hydrogen-bond donors (Lipinski definition) is 2. The quantitative estimate of drug-likeness (QED) is 0.610. The maximum absolute atomic E-state index is 5.66. The van der Waals surface area contributed by atoms with Crippen molar-refractivity contribution in [2.45, 2.75) is 31.2 Å². The molecule has 0 aromatic heterocycles. The van der Waals surface area contributed by atoms with Crippen LogP contribution in [0.3, 0.4) is 0 Å². The van der Waals surface area contributed by atoms with Crippen molar-refractivity contribution in [3.63, 3.8) is 0 Å². The van der Waals surface area contributed by atoms with Crippen LogP contribution in [0.4, 0.5) is 0 Å². The Morgan fingerprint density at radius 3 is 2.75 bits per heavy atom. The molecule has 1 aromatic carbocycles. The molecule has 2 nitrogen and oxygen atoms in total. The van der Waals surface area contributed by atoms with Crippen LogP contribution in [-0.4, -0.2) is 12.0 Å².